The van der Waals surface area contributed by atoms with Gasteiger partial charge < -0.3 is 0 Å². The molecule has 3 aliphatic rings. The molecule has 0 bridgehead atoms. The Balaban J connectivity index is 0.000000504. The highest BCUT2D eigenvalue weighted by Crippen LogP contribution is 2.62. The number of allylic oxidation sites excluding steroid dienone is 3. The van der Waals surface area contributed by atoms with Crippen molar-refractivity contribution in [2.24, 2.45) is 22.2 Å². The maximum absolute atomic E-state index is 11.6. The summed E-state index contributed by atoms with van der Waals surface area (Å²) in [6.07, 6.45) is 10.3. The summed E-state index contributed by atoms with van der Waals surface area (Å²) in [4.78, 5) is 18.6. The molecule has 1 fully saturated rings. The highest BCUT2D eigenvalue weighted by molar-refractivity contribution is 7.15. The second-order valence-electron chi connectivity index (χ2n) is 8.52. The Morgan fingerprint density at radius 3 is 2.55 bits per heavy atom. The van der Waals surface area contributed by atoms with Gasteiger partial charge in [0.05, 0.1) is 4.88 Å². The van der Waals surface area contributed by atoms with E-state index in [9.17, 15) is 4.79 Å². The largest absolute Gasteiger partial charge is 0.294 e. The van der Waals surface area contributed by atoms with Crippen molar-refractivity contribution in [3.63, 3.8) is 0 Å². The molecule has 2 nitrogen and oxygen atoms in total. The van der Waals surface area contributed by atoms with Gasteiger partial charge in [-0.1, -0.05) is 76.1 Å². The molecular formula is C28H35NOS. The third-order valence-corrected chi connectivity index (χ3v) is 7.23. The van der Waals surface area contributed by atoms with E-state index >= 15 is 0 Å². The van der Waals surface area contributed by atoms with Crippen molar-refractivity contribution < 1.29 is 4.79 Å². The van der Waals surface area contributed by atoms with Crippen LogP contribution in [-0.4, -0.2) is 11.5 Å². The van der Waals surface area contributed by atoms with E-state index in [2.05, 4.69) is 63.3 Å². The zero-order chi connectivity index (χ0) is 22.6. The Hall–Kier alpha value is -2.26. The highest BCUT2D eigenvalue weighted by atomic mass is 32.1. The Labute approximate surface area is 191 Å². The fraction of sp³-hybridized carbons (Fsp3) is 0.429. The minimum absolute atomic E-state index is 0.137. The first-order valence-electron chi connectivity index (χ1n) is 11.6. The highest BCUT2D eigenvalue weighted by Gasteiger charge is 2.60. The Kier molecular flexibility index (Phi) is 7.48. The molecule has 2 aromatic rings. The summed E-state index contributed by atoms with van der Waals surface area (Å²) >= 11 is 1.59. The van der Waals surface area contributed by atoms with Gasteiger partial charge in [-0.05, 0) is 50.3 Å². The number of Topliss-reactive ketones (excluding diaryl/α,β-unsaturated/α-hetero) is 1. The number of carbonyl (C=O) groups excluding carboxylic acids is 1. The summed E-state index contributed by atoms with van der Waals surface area (Å²) in [5.74, 6) is 1.04. The first-order valence-corrected chi connectivity index (χ1v) is 12.4. The summed E-state index contributed by atoms with van der Waals surface area (Å²) in [5.41, 5.74) is 5.52. The van der Waals surface area contributed by atoms with E-state index in [0.29, 0.717) is 5.92 Å². The molecule has 3 atom stereocenters. The van der Waals surface area contributed by atoms with Crippen LogP contribution in [0.1, 0.15) is 73.1 Å². The molecule has 0 saturated heterocycles. The number of hydrogen-bond donors (Lipinski definition) is 0. The molecule has 31 heavy (non-hydrogen) atoms. The van der Waals surface area contributed by atoms with Gasteiger partial charge in [-0.25, -0.2) is 0 Å². The standard InChI is InChI=1S/C23H21NOS.C3H8.C2H6/c1-14-4-3-5-16(10-14)11-23-12-17(23)6-7-18-19(13-24-22(18)23)21-9-8-20(26-21)15(2)25;1-3-2;1-2/h3-10,13,17-18H,11-12H2,1-2H3;3H2,1-2H3;1-2H3. The zero-order valence-electron chi connectivity index (χ0n) is 19.7. The minimum atomic E-state index is 0.137. The van der Waals surface area contributed by atoms with Crippen molar-refractivity contribution in [3.8, 4) is 0 Å². The topological polar surface area (TPSA) is 29.4 Å². The van der Waals surface area contributed by atoms with E-state index in [1.807, 2.05) is 26.1 Å². The maximum atomic E-state index is 11.6. The van der Waals surface area contributed by atoms with Crippen LogP contribution < -0.4 is 0 Å². The summed E-state index contributed by atoms with van der Waals surface area (Å²) in [6, 6.07) is 12.9. The van der Waals surface area contributed by atoms with Crippen LogP contribution in [0.15, 0.2) is 59.7 Å². The molecule has 2 aliphatic carbocycles. The number of ketones is 1. The molecule has 0 N–H and O–H groups in total. The maximum Gasteiger partial charge on any atom is 0.169 e. The van der Waals surface area contributed by atoms with Crippen LogP contribution in [0.3, 0.4) is 0 Å². The molecule has 0 amide bonds. The number of aliphatic imine (C=N–C) groups is 1. The molecule has 3 heteroatoms. The molecule has 2 heterocycles. The minimum Gasteiger partial charge on any atom is -0.294 e. The van der Waals surface area contributed by atoms with E-state index in [0.717, 1.165) is 11.3 Å². The number of aryl methyl sites for hydroxylation is 1. The van der Waals surface area contributed by atoms with Gasteiger partial charge in [-0.3, -0.25) is 9.79 Å². The van der Waals surface area contributed by atoms with Crippen LogP contribution in [0.5, 0.6) is 0 Å². The van der Waals surface area contributed by atoms with Crippen molar-refractivity contribution in [2.75, 3.05) is 0 Å². The molecule has 5 rings (SSSR count). The lowest BCUT2D eigenvalue weighted by atomic mass is 9.77. The average Bonchev–Trinajstić information content (AvgIpc) is 3.09. The van der Waals surface area contributed by atoms with Gasteiger partial charge in [0.1, 0.15) is 0 Å². The lowest BCUT2D eigenvalue weighted by Crippen LogP contribution is -2.28. The quantitative estimate of drug-likeness (QED) is 0.355. The van der Waals surface area contributed by atoms with Crippen LogP contribution >= 0.6 is 11.3 Å². The van der Waals surface area contributed by atoms with Crippen molar-refractivity contribution in [1.29, 1.82) is 0 Å². The molecule has 0 spiro atoms. The number of carbonyl (C=O) groups is 1. The van der Waals surface area contributed by atoms with Gasteiger partial charge in [0, 0.05) is 33.7 Å². The number of rotatable bonds is 4. The number of benzene rings is 1. The second-order valence-corrected chi connectivity index (χ2v) is 9.60. The molecular weight excluding hydrogens is 398 g/mol. The Morgan fingerprint density at radius 2 is 1.90 bits per heavy atom. The van der Waals surface area contributed by atoms with Gasteiger partial charge in [-0.15, -0.1) is 11.3 Å². The Morgan fingerprint density at radius 1 is 1.16 bits per heavy atom. The molecule has 1 saturated carbocycles. The van der Waals surface area contributed by atoms with Crippen LogP contribution in [0.25, 0.3) is 5.57 Å². The lowest BCUT2D eigenvalue weighted by Gasteiger charge is -2.26. The predicted octanol–water partition coefficient (Wildman–Crippen LogP) is 7.93. The smallest absolute Gasteiger partial charge is 0.169 e. The van der Waals surface area contributed by atoms with E-state index < -0.39 is 0 Å². The summed E-state index contributed by atoms with van der Waals surface area (Å²) in [6.45, 7) is 12.0. The fourth-order valence-electron chi connectivity index (χ4n) is 4.58. The number of fused-ring (bicyclic) bond motifs is 3. The third kappa shape index (κ3) is 4.67. The van der Waals surface area contributed by atoms with Gasteiger partial charge in [-0.2, -0.15) is 0 Å². The second kappa shape index (κ2) is 9.91. The van der Waals surface area contributed by atoms with Crippen molar-refractivity contribution in [1.82, 2.24) is 0 Å². The molecule has 1 aromatic carbocycles. The number of hydrogen-bond acceptors (Lipinski definition) is 3. The van der Waals surface area contributed by atoms with Crippen LogP contribution in [0, 0.1) is 24.2 Å². The molecule has 1 aliphatic heterocycles. The average molecular weight is 434 g/mol. The first-order chi connectivity index (χ1) is 15.0. The van der Waals surface area contributed by atoms with Crippen molar-refractivity contribution in [3.05, 3.63) is 75.6 Å². The SMILES string of the molecule is CC.CC(=O)c1ccc(C2=CN=C3C2C=CC2CC32Cc2cccc(C)c2)s1.CCC. The monoisotopic (exact) mass is 433 g/mol. The summed E-state index contributed by atoms with van der Waals surface area (Å²) in [7, 11) is 0. The fourth-order valence-corrected chi connectivity index (χ4v) is 5.54. The Bertz CT molecular complexity index is 1030. The lowest BCUT2D eigenvalue weighted by molar-refractivity contribution is 0.102. The molecule has 164 valence electrons. The number of nitrogens with zero attached hydrogens (tertiary/aromatic N) is 1. The van der Waals surface area contributed by atoms with E-state index in [1.54, 1.807) is 18.3 Å². The van der Waals surface area contributed by atoms with E-state index in [-0.39, 0.29) is 17.1 Å². The van der Waals surface area contributed by atoms with E-state index in [4.69, 9.17) is 4.99 Å². The zero-order valence-corrected chi connectivity index (χ0v) is 20.6. The molecule has 0 radical (unpaired) electrons. The predicted molar refractivity (Wildman–Crippen MR) is 135 cm³/mol. The van der Waals surface area contributed by atoms with Crippen molar-refractivity contribution in [2.45, 2.75) is 60.8 Å². The first kappa shape index (κ1) is 23.4. The van der Waals surface area contributed by atoms with Gasteiger partial charge in [0.15, 0.2) is 5.78 Å². The molecule has 3 unspecified atom stereocenters. The van der Waals surface area contributed by atoms with Gasteiger partial charge >= 0.3 is 0 Å². The van der Waals surface area contributed by atoms with Crippen molar-refractivity contribution >= 4 is 28.4 Å². The summed E-state index contributed by atoms with van der Waals surface area (Å²) in [5, 5.41) is 0. The third-order valence-electron chi connectivity index (χ3n) is 5.99. The summed E-state index contributed by atoms with van der Waals surface area (Å²) < 4.78 is 0. The van der Waals surface area contributed by atoms with E-state index in [1.165, 1.54) is 40.1 Å². The van der Waals surface area contributed by atoms with Crippen LogP contribution in [0.2, 0.25) is 0 Å². The van der Waals surface area contributed by atoms with Gasteiger partial charge in [0.25, 0.3) is 0 Å². The van der Waals surface area contributed by atoms with Gasteiger partial charge in [0.2, 0.25) is 0 Å². The van der Waals surface area contributed by atoms with Crippen LogP contribution in [0.4, 0.5) is 0 Å². The van der Waals surface area contributed by atoms with Crippen LogP contribution in [-0.2, 0) is 6.42 Å². The number of thiophene rings is 1. The molecule has 1 aromatic heterocycles. The normalized spacial score (nSPS) is 24.5.